The number of alkyl halides is 3. The molecule has 0 radical (unpaired) electrons. The molecule has 19 heavy (non-hydrogen) atoms. The van der Waals surface area contributed by atoms with E-state index in [1.807, 2.05) is 0 Å². The third kappa shape index (κ3) is 6.30. The van der Waals surface area contributed by atoms with Crippen LogP contribution in [-0.2, 0) is 4.79 Å². The van der Waals surface area contributed by atoms with E-state index in [-0.39, 0.29) is 12.0 Å². The number of carboxylic acids is 1. The molecular weight excluding hydrogens is 265 g/mol. The van der Waals surface area contributed by atoms with Gasteiger partial charge in [-0.05, 0) is 25.7 Å². The van der Waals surface area contributed by atoms with Crippen molar-refractivity contribution in [3.8, 4) is 0 Å². The lowest BCUT2D eigenvalue weighted by atomic mass is 9.86. The van der Waals surface area contributed by atoms with Crippen LogP contribution in [0.2, 0.25) is 0 Å². The van der Waals surface area contributed by atoms with Gasteiger partial charge in [-0.2, -0.15) is 13.2 Å². The first-order chi connectivity index (χ1) is 8.78. The van der Waals surface area contributed by atoms with E-state index in [9.17, 15) is 22.8 Å². The predicted octanol–water partition coefficient (Wildman–Crippen LogP) is 1.88. The standard InChI is InChI=1S/C11H17F3N2O3/c12-11(13,14)5-6-15-10(19)16-8-3-1-7(2-4-8)9(17)18/h7-8H,1-6H2,(H,17,18)(H2,15,16,19). The molecule has 110 valence electrons. The smallest absolute Gasteiger partial charge is 0.390 e. The van der Waals surface area contributed by atoms with Crippen molar-refractivity contribution in [1.29, 1.82) is 0 Å². The van der Waals surface area contributed by atoms with E-state index in [0.717, 1.165) is 0 Å². The van der Waals surface area contributed by atoms with Crippen molar-refractivity contribution >= 4 is 12.0 Å². The average molecular weight is 282 g/mol. The van der Waals surface area contributed by atoms with Gasteiger partial charge in [0.15, 0.2) is 0 Å². The van der Waals surface area contributed by atoms with Gasteiger partial charge in [-0.1, -0.05) is 0 Å². The monoisotopic (exact) mass is 282 g/mol. The van der Waals surface area contributed by atoms with Gasteiger partial charge >= 0.3 is 18.2 Å². The van der Waals surface area contributed by atoms with Crippen molar-refractivity contribution in [1.82, 2.24) is 10.6 Å². The first kappa shape index (κ1) is 15.6. The van der Waals surface area contributed by atoms with Gasteiger partial charge in [0.25, 0.3) is 0 Å². The fraction of sp³-hybridized carbons (Fsp3) is 0.818. The fourth-order valence-electron chi connectivity index (χ4n) is 2.04. The van der Waals surface area contributed by atoms with Crippen LogP contribution >= 0.6 is 0 Å². The van der Waals surface area contributed by atoms with Gasteiger partial charge in [0.1, 0.15) is 0 Å². The minimum atomic E-state index is -4.28. The summed E-state index contributed by atoms with van der Waals surface area (Å²) in [5.41, 5.74) is 0. The van der Waals surface area contributed by atoms with Gasteiger partial charge in [-0.3, -0.25) is 4.79 Å². The molecule has 0 aromatic rings. The van der Waals surface area contributed by atoms with Gasteiger partial charge in [-0.25, -0.2) is 4.79 Å². The van der Waals surface area contributed by atoms with Crippen LogP contribution < -0.4 is 10.6 Å². The number of carbonyl (C=O) groups excluding carboxylic acids is 1. The minimum Gasteiger partial charge on any atom is -0.481 e. The Kier molecular flexibility index (Phi) is 5.44. The van der Waals surface area contributed by atoms with Crippen molar-refractivity contribution in [3.63, 3.8) is 0 Å². The summed E-state index contributed by atoms with van der Waals surface area (Å²) in [5.74, 6) is -1.22. The number of halogens is 3. The van der Waals surface area contributed by atoms with Crippen LogP contribution in [0, 0.1) is 5.92 Å². The zero-order valence-corrected chi connectivity index (χ0v) is 10.3. The van der Waals surface area contributed by atoms with Crippen LogP contribution in [0.25, 0.3) is 0 Å². The summed E-state index contributed by atoms with van der Waals surface area (Å²) in [5, 5.41) is 13.5. The molecule has 1 saturated carbocycles. The summed E-state index contributed by atoms with van der Waals surface area (Å²) in [6.07, 6.45) is -3.34. The topological polar surface area (TPSA) is 78.4 Å². The fourth-order valence-corrected chi connectivity index (χ4v) is 2.04. The highest BCUT2D eigenvalue weighted by Crippen LogP contribution is 2.24. The maximum atomic E-state index is 11.9. The summed E-state index contributed by atoms with van der Waals surface area (Å²) in [6, 6.07) is -0.801. The number of aliphatic carboxylic acids is 1. The minimum absolute atomic E-state index is 0.165. The van der Waals surface area contributed by atoms with Crippen LogP contribution in [0.3, 0.4) is 0 Å². The Morgan fingerprint density at radius 2 is 1.74 bits per heavy atom. The molecule has 8 heteroatoms. The number of carbonyl (C=O) groups is 2. The van der Waals surface area contributed by atoms with Crippen molar-refractivity contribution in [2.75, 3.05) is 6.54 Å². The SMILES string of the molecule is O=C(NCCC(F)(F)F)NC1CCC(C(=O)O)CC1. The van der Waals surface area contributed by atoms with Crippen LogP contribution in [-0.4, -0.2) is 35.9 Å². The van der Waals surface area contributed by atoms with Gasteiger partial charge in [-0.15, -0.1) is 0 Å². The zero-order valence-electron chi connectivity index (χ0n) is 10.3. The van der Waals surface area contributed by atoms with Gasteiger partial charge in [0.05, 0.1) is 12.3 Å². The van der Waals surface area contributed by atoms with Crippen molar-refractivity contribution in [2.24, 2.45) is 5.92 Å². The number of amides is 2. The molecule has 1 aliphatic carbocycles. The molecule has 1 aliphatic rings. The summed E-state index contributed by atoms with van der Waals surface area (Å²) < 4.78 is 35.6. The zero-order chi connectivity index (χ0) is 14.5. The lowest BCUT2D eigenvalue weighted by molar-refractivity contribution is -0.142. The highest BCUT2D eigenvalue weighted by Gasteiger charge is 2.28. The molecule has 1 rings (SSSR count). The van der Waals surface area contributed by atoms with Gasteiger partial charge in [0, 0.05) is 12.6 Å². The van der Waals surface area contributed by atoms with Crippen molar-refractivity contribution in [2.45, 2.75) is 44.3 Å². The second-order valence-electron chi connectivity index (χ2n) is 4.65. The maximum Gasteiger partial charge on any atom is 0.390 e. The van der Waals surface area contributed by atoms with E-state index in [2.05, 4.69) is 10.6 Å². The third-order valence-electron chi connectivity index (χ3n) is 3.11. The Bertz CT molecular complexity index is 326. The Labute approximate surface area is 108 Å². The average Bonchev–Trinajstić information content (AvgIpc) is 2.27. The first-order valence-corrected chi connectivity index (χ1v) is 6.12. The molecular formula is C11H17F3N2O3. The van der Waals surface area contributed by atoms with E-state index in [4.69, 9.17) is 5.11 Å². The largest absolute Gasteiger partial charge is 0.481 e. The molecule has 0 aromatic heterocycles. The van der Waals surface area contributed by atoms with Gasteiger partial charge in [0.2, 0.25) is 0 Å². The molecule has 0 saturated heterocycles. The number of nitrogens with one attached hydrogen (secondary N) is 2. The number of hydrogen-bond acceptors (Lipinski definition) is 2. The molecule has 0 unspecified atom stereocenters. The second-order valence-corrected chi connectivity index (χ2v) is 4.65. The van der Waals surface area contributed by atoms with E-state index < -0.39 is 31.1 Å². The summed E-state index contributed by atoms with van der Waals surface area (Å²) in [7, 11) is 0. The molecule has 0 aromatic carbocycles. The summed E-state index contributed by atoms with van der Waals surface area (Å²) >= 11 is 0. The Balaban J connectivity index is 2.18. The van der Waals surface area contributed by atoms with Gasteiger partial charge < -0.3 is 15.7 Å². The number of urea groups is 1. The molecule has 2 amide bonds. The maximum absolute atomic E-state index is 11.9. The molecule has 0 atom stereocenters. The van der Waals surface area contributed by atoms with E-state index >= 15 is 0 Å². The molecule has 0 aliphatic heterocycles. The third-order valence-corrected chi connectivity index (χ3v) is 3.11. The highest BCUT2D eigenvalue weighted by atomic mass is 19.4. The van der Waals surface area contributed by atoms with E-state index in [1.165, 1.54) is 0 Å². The number of carboxylic acid groups (broad SMARTS) is 1. The highest BCUT2D eigenvalue weighted by molar-refractivity contribution is 5.74. The molecule has 0 heterocycles. The normalized spacial score (nSPS) is 23.7. The Morgan fingerprint density at radius 1 is 1.16 bits per heavy atom. The molecule has 5 nitrogen and oxygen atoms in total. The van der Waals surface area contributed by atoms with Crippen molar-refractivity contribution < 1.29 is 27.9 Å². The first-order valence-electron chi connectivity index (χ1n) is 6.12. The van der Waals surface area contributed by atoms with Crippen LogP contribution in [0.5, 0.6) is 0 Å². The number of rotatable bonds is 4. The Morgan fingerprint density at radius 3 is 2.21 bits per heavy atom. The van der Waals surface area contributed by atoms with Crippen LogP contribution in [0.15, 0.2) is 0 Å². The van der Waals surface area contributed by atoms with E-state index in [1.54, 1.807) is 0 Å². The molecule has 0 bridgehead atoms. The lowest BCUT2D eigenvalue weighted by Gasteiger charge is -2.26. The quantitative estimate of drug-likeness (QED) is 0.736. The van der Waals surface area contributed by atoms with E-state index in [0.29, 0.717) is 25.7 Å². The van der Waals surface area contributed by atoms with Crippen molar-refractivity contribution in [3.05, 3.63) is 0 Å². The Hall–Kier alpha value is -1.47. The molecule has 3 N–H and O–H groups in total. The van der Waals surface area contributed by atoms with Crippen LogP contribution in [0.1, 0.15) is 32.1 Å². The summed E-state index contributed by atoms with van der Waals surface area (Å²) in [4.78, 5) is 22.0. The summed E-state index contributed by atoms with van der Waals surface area (Å²) in [6.45, 7) is -0.459. The predicted molar refractivity (Wildman–Crippen MR) is 60.6 cm³/mol. The lowest BCUT2D eigenvalue weighted by Crippen LogP contribution is -2.44. The number of hydrogen-bond donors (Lipinski definition) is 3. The van der Waals surface area contributed by atoms with Crippen LogP contribution in [0.4, 0.5) is 18.0 Å². The molecule has 1 fully saturated rings. The second kappa shape index (κ2) is 6.63. The molecule has 0 spiro atoms.